The lowest BCUT2D eigenvalue weighted by Gasteiger charge is -2.24. The van der Waals surface area contributed by atoms with E-state index in [0.29, 0.717) is 5.92 Å². The molecule has 1 aliphatic carbocycles. The van der Waals surface area contributed by atoms with Crippen LogP contribution in [0.15, 0.2) is 29.1 Å². The number of allylic oxidation sites excluding steroid dienone is 3. The first-order valence-electron chi connectivity index (χ1n) is 9.81. The van der Waals surface area contributed by atoms with Crippen LogP contribution in [0.2, 0.25) is 0 Å². The average Bonchev–Trinajstić information content (AvgIpc) is 2.62. The number of hydrogen-bond donors (Lipinski definition) is 1. The van der Waals surface area contributed by atoms with Gasteiger partial charge in [-0.25, -0.2) is 0 Å². The fourth-order valence-corrected chi connectivity index (χ4v) is 3.01. The molecule has 2 rings (SSSR count). The molecule has 0 amide bonds. The molecule has 0 bridgehead atoms. The van der Waals surface area contributed by atoms with Crippen molar-refractivity contribution in [3.8, 4) is 0 Å². The molecule has 1 aliphatic heterocycles. The number of unbranched alkanes of at least 4 members (excludes halogenated alkanes) is 2. The molecular formula is C20H34N2O2. The first kappa shape index (κ1) is 19.0. The minimum absolute atomic E-state index is 0.250. The number of nitrogens with zero attached hydrogens (tertiary/aromatic N) is 1. The summed E-state index contributed by atoms with van der Waals surface area (Å²) in [5.74, 6) is 1.57. The number of ether oxygens (including phenoxy) is 2. The third-order valence-corrected chi connectivity index (χ3v) is 4.60. The molecule has 0 aromatic rings. The van der Waals surface area contributed by atoms with Gasteiger partial charge in [-0.1, -0.05) is 52.0 Å². The maximum atomic E-state index is 5.95. The molecule has 1 saturated carbocycles. The highest BCUT2D eigenvalue weighted by atomic mass is 16.5. The minimum Gasteiger partial charge on any atom is -0.493 e. The summed E-state index contributed by atoms with van der Waals surface area (Å²) < 4.78 is 11.8. The Morgan fingerprint density at radius 3 is 2.62 bits per heavy atom. The summed E-state index contributed by atoms with van der Waals surface area (Å²) in [6.07, 6.45) is 17.3. The molecule has 1 N–H and O–H groups in total. The topological polar surface area (TPSA) is 42.8 Å². The second-order valence-electron chi connectivity index (χ2n) is 6.78. The van der Waals surface area contributed by atoms with E-state index in [1.165, 1.54) is 32.1 Å². The van der Waals surface area contributed by atoms with Gasteiger partial charge >= 0.3 is 0 Å². The van der Waals surface area contributed by atoms with Crippen LogP contribution in [-0.4, -0.2) is 25.2 Å². The summed E-state index contributed by atoms with van der Waals surface area (Å²) in [5.41, 5.74) is 4.05. The van der Waals surface area contributed by atoms with Crippen LogP contribution in [0, 0.1) is 5.92 Å². The van der Waals surface area contributed by atoms with E-state index in [2.05, 4.69) is 36.5 Å². The summed E-state index contributed by atoms with van der Waals surface area (Å²) in [5, 5.41) is 4.45. The standard InChI is InChI=1S/C20H34N2O2/c1-3-5-14-23-19-16-18(13-12-17-10-8-7-9-11-17)21-22-20(19)24-15-6-4-2/h12-13,16-17,20,22H,3-11,14-15H2,1-2H3/b13-12+. The molecule has 0 aromatic heterocycles. The quantitative estimate of drug-likeness (QED) is 0.576. The van der Waals surface area contributed by atoms with Gasteiger partial charge in [-0.2, -0.15) is 5.10 Å². The van der Waals surface area contributed by atoms with Crippen molar-refractivity contribution in [3.63, 3.8) is 0 Å². The molecule has 24 heavy (non-hydrogen) atoms. The van der Waals surface area contributed by atoms with Gasteiger partial charge in [0.15, 0.2) is 0 Å². The molecule has 0 saturated heterocycles. The Kier molecular flexibility index (Phi) is 8.96. The molecule has 1 atom stereocenters. The zero-order valence-corrected chi connectivity index (χ0v) is 15.4. The predicted molar refractivity (Wildman–Crippen MR) is 99.9 cm³/mol. The van der Waals surface area contributed by atoms with Crippen molar-refractivity contribution in [1.29, 1.82) is 0 Å². The minimum atomic E-state index is -0.250. The van der Waals surface area contributed by atoms with Crippen LogP contribution in [0.3, 0.4) is 0 Å². The van der Waals surface area contributed by atoms with Crippen molar-refractivity contribution < 1.29 is 9.47 Å². The summed E-state index contributed by atoms with van der Waals surface area (Å²) >= 11 is 0. The lowest BCUT2D eigenvalue weighted by atomic mass is 9.89. The Morgan fingerprint density at radius 1 is 1.12 bits per heavy atom. The first-order chi connectivity index (χ1) is 11.8. The Labute approximate surface area is 147 Å². The third-order valence-electron chi connectivity index (χ3n) is 4.60. The van der Waals surface area contributed by atoms with E-state index < -0.39 is 0 Å². The van der Waals surface area contributed by atoms with Gasteiger partial charge in [0.1, 0.15) is 5.76 Å². The number of nitrogens with one attached hydrogen (secondary N) is 1. The van der Waals surface area contributed by atoms with Crippen LogP contribution in [0.25, 0.3) is 0 Å². The lowest BCUT2D eigenvalue weighted by Crippen LogP contribution is -2.35. The fourth-order valence-electron chi connectivity index (χ4n) is 3.01. The summed E-state index contributed by atoms with van der Waals surface area (Å²) in [6.45, 7) is 5.80. The monoisotopic (exact) mass is 334 g/mol. The molecule has 4 heteroatoms. The zero-order chi connectivity index (χ0) is 17.0. The molecule has 1 heterocycles. The van der Waals surface area contributed by atoms with Crippen LogP contribution in [0.4, 0.5) is 0 Å². The molecule has 2 aliphatic rings. The Balaban J connectivity index is 1.92. The molecule has 0 aromatic carbocycles. The largest absolute Gasteiger partial charge is 0.493 e. The molecule has 0 spiro atoms. The van der Waals surface area contributed by atoms with Gasteiger partial charge < -0.3 is 9.47 Å². The highest BCUT2D eigenvalue weighted by Gasteiger charge is 2.20. The van der Waals surface area contributed by atoms with Crippen LogP contribution in [0.5, 0.6) is 0 Å². The summed E-state index contributed by atoms with van der Waals surface area (Å²) in [7, 11) is 0. The van der Waals surface area contributed by atoms with Crippen molar-refractivity contribution in [2.24, 2.45) is 11.0 Å². The van der Waals surface area contributed by atoms with Gasteiger partial charge in [-0.15, -0.1) is 0 Å². The van der Waals surface area contributed by atoms with Crippen molar-refractivity contribution in [3.05, 3.63) is 24.0 Å². The van der Waals surface area contributed by atoms with Gasteiger partial charge in [-0.05, 0) is 37.7 Å². The smallest absolute Gasteiger partial charge is 0.200 e. The molecule has 1 unspecified atom stereocenters. The first-order valence-corrected chi connectivity index (χ1v) is 9.81. The highest BCUT2D eigenvalue weighted by molar-refractivity contribution is 6.04. The van der Waals surface area contributed by atoms with E-state index >= 15 is 0 Å². The van der Waals surface area contributed by atoms with Crippen molar-refractivity contribution in [2.75, 3.05) is 13.2 Å². The number of hydrazone groups is 1. The normalized spacial score (nSPS) is 22.2. The van der Waals surface area contributed by atoms with Crippen LogP contribution in [-0.2, 0) is 9.47 Å². The van der Waals surface area contributed by atoms with Gasteiger partial charge in [0.25, 0.3) is 0 Å². The van der Waals surface area contributed by atoms with Gasteiger partial charge in [0, 0.05) is 12.7 Å². The number of rotatable bonds is 10. The zero-order valence-electron chi connectivity index (χ0n) is 15.4. The molecule has 4 nitrogen and oxygen atoms in total. The van der Waals surface area contributed by atoms with Crippen LogP contribution >= 0.6 is 0 Å². The van der Waals surface area contributed by atoms with Gasteiger partial charge in [0.05, 0.1) is 12.3 Å². The van der Waals surface area contributed by atoms with E-state index in [1.54, 1.807) is 0 Å². The van der Waals surface area contributed by atoms with Crippen LogP contribution in [0.1, 0.15) is 71.6 Å². The van der Waals surface area contributed by atoms with E-state index in [-0.39, 0.29) is 6.23 Å². The van der Waals surface area contributed by atoms with Gasteiger partial charge in [0.2, 0.25) is 6.23 Å². The summed E-state index contributed by atoms with van der Waals surface area (Å²) in [4.78, 5) is 0. The van der Waals surface area contributed by atoms with E-state index in [4.69, 9.17) is 9.47 Å². The number of hydrogen-bond acceptors (Lipinski definition) is 4. The molecular weight excluding hydrogens is 300 g/mol. The van der Waals surface area contributed by atoms with Gasteiger partial charge in [-0.3, -0.25) is 5.43 Å². The van der Waals surface area contributed by atoms with Crippen LogP contribution < -0.4 is 5.43 Å². The van der Waals surface area contributed by atoms with E-state index in [0.717, 1.165) is 50.4 Å². The lowest BCUT2D eigenvalue weighted by molar-refractivity contribution is 0.00723. The van der Waals surface area contributed by atoms with Crippen molar-refractivity contribution in [2.45, 2.75) is 77.9 Å². The maximum Gasteiger partial charge on any atom is 0.200 e. The Bertz CT molecular complexity index is 437. The van der Waals surface area contributed by atoms with E-state index in [9.17, 15) is 0 Å². The Hall–Kier alpha value is -1.29. The second-order valence-corrected chi connectivity index (χ2v) is 6.78. The third kappa shape index (κ3) is 6.68. The Morgan fingerprint density at radius 2 is 1.88 bits per heavy atom. The molecule has 1 fully saturated rings. The molecule has 136 valence electrons. The maximum absolute atomic E-state index is 5.95. The molecule has 0 radical (unpaired) electrons. The SMILES string of the molecule is CCCCOC1=CC(/C=C/C2CCCCC2)=NNC1OCCCC. The highest BCUT2D eigenvalue weighted by Crippen LogP contribution is 2.24. The summed E-state index contributed by atoms with van der Waals surface area (Å²) in [6, 6.07) is 0. The van der Waals surface area contributed by atoms with Crippen molar-refractivity contribution in [1.82, 2.24) is 5.43 Å². The van der Waals surface area contributed by atoms with Crippen molar-refractivity contribution >= 4 is 5.71 Å². The second kappa shape index (κ2) is 11.3. The predicted octanol–water partition coefficient (Wildman–Crippen LogP) is 4.93. The fraction of sp³-hybridized carbons (Fsp3) is 0.750. The van der Waals surface area contributed by atoms with E-state index in [1.807, 2.05) is 6.08 Å². The average molecular weight is 335 g/mol.